The monoisotopic (exact) mass is 424 g/mol. The molecule has 1 saturated heterocycles. The van der Waals surface area contributed by atoms with E-state index in [1.807, 2.05) is 30.9 Å². The van der Waals surface area contributed by atoms with Gasteiger partial charge in [-0.25, -0.2) is 0 Å². The molecule has 166 valence electrons. The Morgan fingerprint density at radius 3 is 2.68 bits per heavy atom. The number of carbonyl (C=O) groups is 2. The number of anilines is 1. The normalized spacial score (nSPS) is 16.1. The zero-order chi connectivity index (χ0) is 22.2. The molecular formula is C25H32N2O4. The predicted molar refractivity (Wildman–Crippen MR) is 122 cm³/mol. The van der Waals surface area contributed by atoms with E-state index in [1.54, 1.807) is 30.3 Å². The van der Waals surface area contributed by atoms with E-state index in [9.17, 15) is 9.59 Å². The average Bonchev–Trinajstić information content (AvgIpc) is 2.78. The van der Waals surface area contributed by atoms with Crippen LogP contribution in [0.1, 0.15) is 59.4 Å². The van der Waals surface area contributed by atoms with Crippen LogP contribution in [0.25, 0.3) is 0 Å². The molecule has 1 unspecified atom stereocenters. The molecule has 0 saturated carbocycles. The summed E-state index contributed by atoms with van der Waals surface area (Å²) in [4.78, 5) is 27.8. The third-order valence-corrected chi connectivity index (χ3v) is 5.61. The van der Waals surface area contributed by atoms with Gasteiger partial charge < -0.3 is 19.7 Å². The molecule has 3 rings (SSSR count). The van der Waals surface area contributed by atoms with Gasteiger partial charge in [0, 0.05) is 30.4 Å². The number of hydrogen-bond donors (Lipinski definition) is 1. The van der Waals surface area contributed by atoms with Gasteiger partial charge in [0.05, 0.1) is 12.2 Å². The highest BCUT2D eigenvalue weighted by Gasteiger charge is 2.24. The summed E-state index contributed by atoms with van der Waals surface area (Å²) in [6.45, 7) is 8.20. The van der Waals surface area contributed by atoms with Crippen LogP contribution in [0.5, 0.6) is 5.75 Å². The largest absolute Gasteiger partial charge is 0.490 e. The fourth-order valence-electron chi connectivity index (χ4n) is 3.83. The number of likely N-dealkylation sites (tertiary alicyclic amines) is 1. The molecule has 1 N–H and O–H groups in total. The molecule has 1 aliphatic heterocycles. The van der Waals surface area contributed by atoms with Gasteiger partial charge in [-0.15, -0.1) is 0 Å². The third-order valence-electron chi connectivity index (χ3n) is 5.61. The fourth-order valence-corrected chi connectivity index (χ4v) is 3.83. The number of carbonyl (C=O) groups excluding carboxylic acids is 2. The predicted octanol–water partition coefficient (Wildman–Crippen LogP) is 4.68. The quantitative estimate of drug-likeness (QED) is 0.625. The number of para-hydroxylation sites is 1. The smallest absolute Gasteiger partial charge is 0.259 e. The Balaban J connectivity index is 1.69. The van der Waals surface area contributed by atoms with Gasteiger partial charge in [-0.2, -0.15) is 0 Å². The highest BCUT2D eigenvalue weighted by Crippen LogP contribution is 2.24. The number of hydrogen-bond acceptors (Lipinski definition) is 4. The van der Waals surface area contributed by atoms with Crippen molar-refractivity contribution in [3.63, 3.8) is 0 Å². The summed E-state index contributed by atoms with van der Waals surface area (Å²) in [5.74, 6) is 0.322. The van der Waals surface area contributed by atoms with E-state index in [0.717, 1.165) is 24.9 Å². The molecule has 2 aromatic carbocycles. The van der Waals surface area contributed by atoms with E-state index >= 15 is 0 Å². The van der Waals surface area contributed by atoms with Crippen LogP contribution in [0, 0.1) is 6.92 Å². The molecule has 2 aromatic rings. The van der Waals surface area contributed by atoms with E-state index in [4.69, 9.17) is 9.47 Å². The summed E-state index contributed by atoms with van der Waals surface area (Å²) in [6, 6.07) is 12.8. The Hall–Kier alpha value is -2.86. The van der Waals surface area contributed by atoms with Crippen molar-refractivity contribution in [2.75, 3.05) is 31.7 Å². The van der Waals surface area contributed by atoms with Crippen molar-refractivity contribution in [3.05, 3.63) is 59.2 Å². The Kier molecular flexibility index (Phi) is 8.06. The Bertz CT molecular complexity index is 912. The molecule has 6 heteroatoms. The number of ether oxygens (including phenoxy) is 2. The zero-order valence-corrected chi connectivity index (χ0v) is 18.6. The second kappa shape index (κ2) is 11.0. The Morgan fingerprint density at radius 1 is 1.13 bits per heavy atom. The molecule has 1 fully saturated rings. The van der Waals surface area contributed by atoms with E-state index < -0.39 is 0 Å². The number of piperidine rings is 1. The van der Waals surface area contributed by atoms with Crippen molar-refractivity contribution in [1.82, 2.24) is 4.90 Å². The molecule has 31 heavy (non-hydrogen) atoms. The van der Waals surface area contributed by atoms with Crippen LogP contribution in [0.3, 0.4) is 0 Å². The lowest BCUT2D eigenvalue weighted by molar-refractivity contribution is 0.0635. The van der Waals surface area contributed by atoms with Crippen LogP contribution >= 0.6 is 0 Å². The van der Waals surface area contributed by atoms with Gasteiger partial charge in [-0.05, 0) is 75.9 Å². The van der Waals surface area contributed by atoms with Gasteiger partial charge in [-0.1, -0.05) is 12.1 Å². The molecule has 6 nitrogen and oxygen atoms in total. The van der Waals surface area contributed by atoms with E-state index in [2.05, 4.69) is 12.2 Å². The van der Waals surface area contributed by atoms with E-state index in [-0.39, 0.29) is 17.9 Å². The molecule has 1 atom stereocenters. The van der Waals surface area contributed by atoms with Crippen molar-refractivity contribution < 1.29 is 19.1 Å². The SMILES string of the molecule is CCOCCOc1ccccc1C(=O)Nc1ccc(C(=O)N2CCCCC2C)cc1C. The molecule has 1 aliphatic rings. The molecule has 0 aliphatic carbocycles. The first-order chi connectivity index (χ1) is 15.0. The molecule has 0 aromatic heterocycles. The minimum atomic E-state index is -0.251. The standard InChI is InChI=1S/C25H32N2O4/c1-4-30-15-16-31-23-11-6-5-10-21(23)24(28)26-22-13-12-20(17-18(22)2)25(29)27-14-8-7-9-19(27)3/h5-6,10-13,17,19H,4,7-9,14-16H2,1-3H3,(H,26,28). The lowest BCUT2D eigenvalue weighted by atomic mass is 10.0. The molecule has 0 spiro atoms. The van der Waals surface area contributed by atoms with E-state index in [1.165, 1.54) is 6.42 Å². The molecular weight excluding hydrogens is 392 g/mol. The van der Waals surface area contributed by atoms with Crippen LogP contribution in [-0.2, 0) is 4.74 Å². The maximum atomic E-state index is 12.9. The van der Waals surface area contributed by atoms with Crippen LogP contribution in [0.2, 0.25) is 0 Å². The summed E-state index contributed by atoms with van der Waals surface area (Å²) in [6.07, 6.45) is 3.27. The van der Waals surface area contributed by atoms with Crippen molar-refractivity contribution in [2.45, 2.75) is 46.1 Å². The number of benzene rings is 2. The number of nitrogens with one attached hydrogen (secondary N) is 1. The lowest BCUT2D eigenvalue weighted by Crippen LogP contribution is -2.42. The maximum Gasteiger partial charge on any atom is 0.259 e. The topological polar surface area (TPSA) is 67.9 Å². The summed E-state index contributed by atoms with van der Waals surface area (Å²) < 4.78 is 11.0. The minimum Gasteiger partial charge on any atom is -0.490 e. The Labute approximate surface area is 184 Å². The van der Waals surface area contributed by atoms with Crippen molar-refractivity contribution >= 4 is 17.5 Å². The second-order valence-corrected chi connectivity index (χ2v) is 7.87. The first-order valence-electron chi connectivity index (χ1n) is 11.0. The van der Waals surface area contributed by atoms with Crippen LogP contribution in [0.4, 0.5) is 5.69 Å². The first-order valence-corrected chi connectivity index (χ1v) is 11.0. The lowest BCUT2D eigenvalue weighted by Gasteiger charge is -2.33. The van der Waals surface area contributed by atoms with Crippen LogP contribution in [0.15, 0.2) is 42.5 Å². The number of amides is 2. The summed E-state index contributed by atoms with van der Waals surface area (Å²) >= 11 is 0. The van der Waals surface area contributed by atoms with Crippen LogP contribution in [-0.4, -0.2) is 49.1 Å². The zero-order valence-electron chi connectivity index (χ0n) is 18.6. The van der Waals surface area contributed by atoms with E-state index in [0.29, 0.717) is 42.4 Å². The van der Waals surface area contributed by atoms with Gasteiger partial charge in [0.1, 0.15) is 12.4 Å². The fraction of sp³-hybridized carbons (Fsp3) is 0.440. The summed E-state index contributed by atoms with van der Waals surface area (Å²) in [7, 11) is 0. The number of aryl methyl sites for hydroxylation is 1. The van der Waals surface area contributed by atoms with Crippen LogP contribution < -0.4 is 10.1 Å². The Morgan fingerprint density at radius 2 is 1.94 bits per heavy atom. The highest BCUT2D eigenvalue weighted by atomic mass is 16.5. The summed E-state index contributed by atoms with van der Waals surface area (Å²) in [5.41, 5.74) is 2.64. The maximum absolute atomic E-state index is 12.9. The molecule has 2 amide bonds. The van der Waals surface area contributed by atoms with Crippen molar-refractivity contribution in [1.29, 1.82) is 0 Å². The van der Waals surface area contributed by atoms with Gasteiger partial charge >= 0.3 is 0 Å². The average molecular weight is 425 g/mol. The van der Waals surface area contributed by atoms with Gasteiger partial charge in [0.15, 0.2) is 0 Å². The van der Waals surface area contributed by atoms with Gasteiger partial charge in [0.2, 0.25) is 0 Å². The first kappa shape index (κ1) is 22.8. The van der Waals surface area contributed by atoms with Gasteiger partial charge in [0.25, 0.3) is 11.8 Å². The van der Waals surface area contributed by atoms with Crippen molar-refractivity contribution in [2.24, 2.45) is 0 Å². The second-order valence-electron chi connectivity index (χ2n) is 7.87. The minimum absolute atomic E-state index is 0.0567. The molecule has 0 bridgehead atoms. The number of nitrogens with zero attached hydrogens (tertiary/aromatic N) is 1. The van der Waals surface area contributed by atoms with Crippen molar-refractivity contribution in [3.8, 4) is 5.75 Å². The molecule has 0 radical (unpaired) electrons. The summed E-state index contributed by atoms with van der Waals surface area (Å²) in [5, 5.41) is 2.95. The molecule has 1 heterocycles. The highest BCUT2D eigenvalue weighted by molar-refractivity contribution is 6.06. The van der Waals surface area contributed by atoms with Gasteiger partial charge in [-0.3, -0.25) is 9.59 Å². The third kappa shape index (κ3) is 5.85. The number of rotatable bonds is 8.